The van der Waals surface area contributed by atoms with Crippen molar-refractivity contribution in [1.82, 2.24) is 14.9 Å². The fraction of sp³-hybridized carbons (Fsp3) is 0.333. The Morgan fingerprint density at radius 2 is 1.93 bits per heavy atom. The number of aromatic nitrogens is 2. The number of benzene rings is 1. The lowest BCUT2D eigenvalue weighted by atomic mass is 10.1. The normalized spacial score (nSPS) is 16.1. The molecule has 0 spiro atoms. The highest BCUT2D eigenvalue weighted by atomic mass is 32.2. The minimum absolute atomic E-state index is 0.0268. The third-order valence-corrected chi connectivity index (χ3v) is 6.96. The number of rotatable bonds is 5. The van der Waals surface area contributed by atoms with Crippen LogP contribution in [0.15, 0.2) is 42.6 Å². The van der Waals surface area contributed by atoms with E-state index >= 15 is 0 Å². The van der Waals surface area contributed by atoms with Crippen molar-refractivity contribution in [3.8, 4) is 0 Å². The molecule has 1 aliphatic rings. The van der Waals surface area contributed by atoms with Gasteiger partial charge in [-0.2, -0.15) is 0 Å². The molecule has 1 fully saturated rings. The number of sulfone groups is 1. The highest BCUT2D eigenvalue weighted by Gasteiger charge is 2.25. The minimum Gasteiger partial charge on any atom is -0.370 e. The zero-order valence-corrected chi connectivity index (χ0v) is 17.1. The molecule has 29 heavy (non-hydrogen) atoms. The molecule has 8 heteroatoms. The molecule has 7 nitrogen and oxygen atoms in total. The number of aryl methyl sites for hydroxylation is 1. The van der Waals surface area contributed by atoms with Gasteiger partial charge in [0.2, 0.25) is 0 Å². The molecule has 4 rings (SSSR count). The number of carbonyl (C=O) groups excluding carboxylic acids is 1. The number of pyridine rings is 1. The molecule has 1 amide bonds. The first-order valence-electron chi connectivity index (χ1n) is 9.69. The molecule has 152 valence electrons. The van der Waals surface area contributed by atoms with Crippen molar-refractivity contribution in [1.29, 1.82) is 0 Å². The van der Waals surface area contributed by atoms with Crippen LogP contribution in [0.4, 0.5) is 5.82 Å². The topological polar surface area (TPSA) is 95.2 Å². The molecule has 0 radical (unpaired) electrons. The van der Waals surface area contributed by atoms with Gasteiger partial charge >= 0.3 is 0 Å². The van der Waals surface area contributed by atoms with Crippen LogP contribution in [0.1, 0.15) is 21.6 Å². The number of amides is 1. The molecule has 0 aliphatic carbocycles. The number of hydrogen-bond donors (Lipinski definition) is 2. The highest BCUT2D eigenvalue weighted by Crippen LogP contribution is 2.22. The minimum atomic E-state index is -3.01. The van der Waals surface area contributed by atoms with Crippen LogP contribution in [0.3, 0.4) is 0 Å². The Bertz CT molecular complexity index is 1120. The van der Waals surface area contributed by atoms with Crippen molar-refractivity contribution in [2.45, 2.75) is 13.3 Å². The van der Waals surface area contributed by atoms with E-state index in [0.29, 0.717) is 11.4 Å². The first-order chi connectivity index (χ1) is 13.9. The number of fused-ring (bicyclic) bond motifs is 1. The average molecular weight is 413 g/mol. The van der Waals surface area contributed by atoms with E-state index in [1.807, 2.05) is 12.1 Å². The zero-order chi connectivity index (χ0) is 20.4. The number of hydrogen-bond acceptors (Lipinski definition) is 5. The van der Waals surface area contributed by atoms with Gasteiger partial charge in [0.25, 0.3) is 5.91 Å². The molecular weight excluding hydrogens is 388 g/mol. The largest absolute Gasteiger partial charge is 0.370 e. The third-order valence-electron chi connectivity index (χ3n) is 5.35. The number of carbonyl (C=O) groups is 1. The number of H-pyrrole nitrogens is 1. The summed E-state index contributed by atoms with van der Waals surface area (Å²) in [6, 6.07) is 11.8. The molecule has 1 aromatic carbocycles. The molecule has 2 N–H and O–H groups in total. The zero-order valence-electron chi connectivity index (χ0n) is 16.3. The van der Waals surface area contributed by atoms with Gasteiger partial charge in [0, 0.05) is 42.4 Å². The van der Waals surface area contributed by atoms with E-state index in [4.69, 9.17) is 0 Å². The summed E-state index contributed by atoms with van der Waals surface area (Å²) in [4.78, 5) is 21.8. The summed E-state index contributed by atoms with van der Waals surface area (Å²) in [6.07, 6.45) is 2.41. The molecule has 0 saturated carbocycles. The number of nitrogens with zero attached hydrogens (tertiary/aromatic N) is 2. The molecule has 0 unspecified atom stereocenters. The van der Waals surface area contributed by atoms with Gasteiger partial charge in [-0.15, -0.1) is 0 Å². The second kappa shape index (κ2) is 7.87. The van der Waals surface area contributed by atoms with E-state index in [-0.39, 0.29) is 30.5 Å². The Balaban J connectivity index is 1.35. The molecular formula is C21H24N4O3S. The van der Waals surface area contributed by atoms with Gasteiger partial charge in [-0.25, -0.2) is 13.4 Å². The van der Waals surface area contributed by atoms with Gasteiger partial charge < -0.3 is 15.2 Å². The maximum atomic E-state index is 12.5. The van der Waals surface area contributed by atoms with Crippen molar-refractivity contribution in [3.63, 3.8) is 0 Å². The van der Waals surface area contributed by atoms with Crippen LogP contribution in [-0.2, 0) is 16.3 Å². The Hall–Kier alpha value is -2.87. The Morgan fingerprint density at radius 1 is 1.17 bits per heavy atom. The van der Waals surface area contributed by atoms with E-state index in [2.05, 4.69) is 34.3 Å². The summed E-state index contributed by atoms with van der Waals surface area (Å²) in [6.45, 7) is 3.29. The third kappa shape index (κ3) is 4.27. The van der Waals surface area contributed by atoms with Gasteiger partial charge in [-0.05, 0) is 37.1 Å². The van der Waals surface area contributed by atoms with Gasteiger partial charge in [0.05, 0.1) is 17.1 Å². The summed E-state index contributed by atoms with van der Waals surface area (Å²) in [5, 5.41) is 4.54. The lowest BCUT2D eigenvalue weighted by Crippen LogP contribution is -2.43. The molecule has 0 bridgehead atoms. The second-order valence-electron chi connectivity index (χ2n) is 7.33. The van der Waals surface area contributed by atoms with Crippen molar-refractivity contribution in [2.24, 2.45) is 0 Å². The second-order valence-corrected chi connectivity index (χ2v) is 9.63. The summed E-state index contributed by atoms with van der Waals surface area (Å²) < 4.78 is 23.0. The summed E-state index contributed by atoms with van der Waals surface area (Å²) in [7, 11) is -3.01. The maximum Gasteiger partial charge on any atom is 0.255 e. The maximum absolute atomic E-state index is 12.5. The predicted molar refractivity (Wildman–Crippen MR) is 114 cm³/mol. The molecule has 0 atom stereocenters. The average Bonchev–Trinajstić information content (AvgIpc) is 3.03. The first kappa shape index (κ1) is 19.4. The highest BCUT2D eigenvalue weighted by molar-refractivity contribution is 7.91. The van der Waals surface area contributed by atoms with Gasteiger partial charge in [0.1, 0.15) is 5.82 Å². The van der Waals surface area contributed by atoms with E-state index in [0.717, 1.165) is 18.5 Å². The van der Waals surface area contributed by atoms with E-state index < -0.39 is 9.84 Å². The molecule has 1 aliphatic heterocycles. The number of aromatic amines is 1. The summed E-state index contributed by atoms with van der Waals surface area (Å²) >= 11 is 0. The van der Waals surface area contributed by atoms with Gasteiger partial charge in [0.15, 0.2) is 9.84 Å². The quantitative estimate of drug-likeness (QED) is 0.671. The SMILES string of the molecule is Cc1[nH]c2ccccc2c1CCNc1ccc(C(=O)N2CCS(=O)(=O)CC2)cn1. The monoisotopic (exact) mass is 412 g/mol. The Labute approximate surface area is 170 Å². The predicted octanol–water partition coefficient (Wildman–Crippen LogP) is 2.40. The van der Waals surface area contributed by atoms with Crippen molar-refractivity contribution >= 4 is 32.5 Å². The van der Waals surface area contributed by atoms with Crippen LogP contribution < -0.4 is 5.32 Å². The molecule has 3 heterocycles. The van der Waals surface area contributed by atoms with Crippen molar-refractivity contribution in [2.75, 3.05) is 36.5 Å². The van der Waals surface area contributed by atoms with Gasteiger partial charge in [-0.1, -0.05) is 18.2 Å². The Morgan fingerprint density at radius 3 is 2.66 bits per heavy atom. The number of para-hydroxylation sites is 1. The fourth-order valence-corrected chi connectivity index (χ4v) is 4.90. The van der Waals surface area contributed by atoms with Gasteiger partial charge in [-0.3, -0.25) is 4.79 Å². The van der Waals surface area contributed by atoms with Crippen LogP contribution in [0.25, 0.3) is 10.9 Å². The molecule has 3 aromatic rings. The molecule has 1 saturated heterocycles. The summed E-state index contributed by atoms with van der Waals surface area (Å²) in [5.74, 6) is 0.589. The smallest absolute Gasteiger partial charge is 0.255 e. The molecule has 2 aromatic heterocycles. The number of anilines is 1. The lowest BCUT2D eigenvalue weighted by Gasteiger charge is -2.26. The van der Waals surface area contributed by atoms with Crippen LogP contribution in [0, 0.1) is 6.92 Å². The van der Waals surface area contributed by atoms with Crippen LogP contribution >= 0.6 is 0 Å². The van der Waals surface area contributed by atoms with E-state index in [1.54, 1.807) is 23.2 Å². The number of nitrogens with one attached hydrogen (secondary N) is 2. The van der Waals surface area contributed by atoms with E-state index in [9.17, 15) is 13.2 Å². The fourth-order valence-electron chi connectivity index (χ4n) is 3.70. The lowest BCUT2D eigenvalue weighted by molar-refractivity contribution is 0.0770. The van der Waals surface area contributed by atoms with Crippen LogP contribution in [-0.4, -0.2) is 60.3 Å². The van der Waals surface area contributed by atoms with Crippen LogP contribution in [0.2, 0.25) is 0 Å². The van der Waals surface area contributed by atoms with Crippen LogP contribution in [0.5, 0.6) is 0 Å². The summed E-state index contributed by atoms with van der Waals surface area (Å²) in [5.41, 5.74) is 4.08. The van der Waals surface area contributed by atoms with Crippen molar-refractivity contribution < 1.29 is 13.2 Å². The standard InChI is InChI=1S/C21H24N4O3S/c1-15-17(18-4-2-3-5-19(18)24-15)8-9-22-20-7-6-16(14-23-20)21(26)25-10-12-29(27,28)13-11-25/h2-7,14,24H,8-13H2,1H3,(H,22,23). The van der Waals surface area contributed by atoms with E-state index in [1.165, 1.54) is 16.6 Å². The van der Waals surface area contributed by atoms with Crippen molar-refractivity contribution in [3.05, 3.63) is 59.4 Å². The first-order valence-corrected chi connectivity index (χ1v) is 11.5. The Kier molecular flexibility index (Phi) is 5.27.